The average Bonchev–Trinajstić information content (AvgIpc) is 3.11. The topological polar surface area (TPSA) is 46.1 Å². The minimum Gasteiger partial charge on any atom is -0.341 e. The zero-order chi connectivity index (χ0) is 16.1. The number of benzene rings is 1. The van der Waals surface area contributed by atoms with Gasteiger partial charge in [0, 0.05) is 37.6 Å². The van der Waals surface area contributed by atoms with Crippen LogP contribution in [0.4, 0.5) is 0 Å². The van der Waals surface area contributed by atoms with Gasteiger partial charge in [-0.1, -0.05) is 36.4 Å². The van der Waals surface area contributed by atoms with Crippen LogP contribution in [0.1, 0.15) is 35.9 Å². The van der Waals surface area contributed by atoms with Crippen LogP contribution in [0.2, 0.25) is 0 Å². The molecule has 0 bridgehead atoms. The van der Waals surface area contributed by atoms with E-state index in [0.29, 0.717) is 6.42 Å². The van der Waals surface area contributed by atoms with E-state index in [1.807, 2.05) is 41.3 Å². The normalized spacial score (nSPS) is 18.6. The van der Waals surface area contributed by atoms with E-state index in [1.165, 1.54) is 0 Å². The number of carbonyl (C=O) groups is 1. The summed E-state index contributed by atoms with van der Waals surface area (Å²) in [6.07, 6.45) is 8.62. The van der Waals surface area contributed by atoms with E-state index in [1.54, 1.807) is 18.6 Å². The van der Waals surface area contributed by atoms with E-state index in [9.17, 15) is 4.79 Å². The van der Waals surface area contributed by atoms with Gasteiger partial charge < -0.3 is 4.90 Å². The third-order valence-electron chi connectivity index (χ3n) is 4.40. The van der Waals surface area contributed by atoms with Crippen molar-refractivity contribution >= 4 is 5.91 Å². The van der Waals surface area contributed by atoms with Crippen molar-refractivity contribution in [1.82, 2.24) is 14.9 Å². The predicted octanol–water partition coefficient (Wildman–Crippen LogP) is 3.15. The summed E-state index contributed by atoms with van der Waals surface area (Å²) in [6.45, 7) is 5.31. The van der Waals surface area contributed by atoms with Gasteiger partial charge in [0.2, 0.25) is 5.91 Å². The van der Waals surface area contributed by atoms with Gasteiger partial charge in [-0.05, 0) is 18.4 Å². The monoisotopic (exact) mass is 307 g/mol. The lowest BCUT2D eigenvalue weighted by atomic mass is 9.94. The highest BCUT2D eigenvalue weighted by molar-refractivity contribution is 5.84. The molecule has 2 heterocycles. The molecule has 1 aromatic carbocycles. The van der Waals surface area contributed by atoms with Gasteiger partial charge in [0.1, 0.15) is 0 Å². The molecule has 2 unspecified atom stereocenters. The van der Waals surface area contributed by atoms with E-state index >= 15 is 0 Å². The summed E-state index contributed by atoms with van der Waals surface area (Å²) >= 11 is 0. The Labute approximate surface area is 136 Å². The fraction of sp³-hybridized carbons (Fsp3) is 0.316. The molecule has 0 aliphatic carbocycles. The predicted molar refractivity (Wildman–Crippen MR) is 90.0 cm³/mol. The van der Waals surface area contributed by atoms with Crippen molar-refractivity contribution in [2.45, 2.75) is 24.7 Å². The molecule has 118 valence electrons. The molecular formula is C19H21N3O. The van der Waals surface area contributed by atoms with Crippen molar-refractivity contribution in [3.63, 3.8) is 0 Å². The number of nitrogens with zero attached hydrogens (tertiary/aromatic N) is 3. The first-order valence-electron chi connectivity index (χ1n) is 8.00. The van der Waals surface area contributed by atoms with Gasteiger partial charge in [-0.15, -0.1) is 6.58 Å². The third-order valence-corrected chi connectivity index (χ3v) is 4.40. The van der Waals surface area contributed by atoms with E-state index < -0.39 is 0 Å². The number of rotatable bonds is 5. The number of hydrogen-bond acceptors (Lipinski definition) is 3. The summed E-state index contributed by atoms with van der Waals surface area (Å²) in [7, 11) is 0. The van der Waals surface area contributed by atoms with Crippen LogP contribution in [0.5, 0.6) is 0 Å². The standard InChI is InChI=1S/C19H21N3O/c1-2-6-17(15-7-4-3-5-8-15)19(23)22-12-9-16(14-22)18-13-20-10-11-21-18/h2-5,7-8,10-11,13,16-17H,1,6,9,12,14H2. The van der Waals surface area contributed by atoms with Crippen LogP contribution in [0.3, 0.4) is 0 Å². The second-order valence-electron chi connectivity index (χ2n) is 5.89. The maximum atomic E-state index is 13.0. The maximum absolute atomic E-state index is 13.0. The lowest BCUT2D eigenvalue weighted by Gasteiger charge is -2.23. The highest BCUT2D eigenvalue weighted by Crippen LogP contribution is 2.30. The van der Waals surface area contributed by atoms with Crippen molar-refractivity contribution < 1.29 is 4.79 Å². The number of aromatic nitrogens is 2. The quantitative estimate of drug-likeness (QED) is 0.797. The van der Waals surface area contributed by atoms with Crippen LogP contribution in [-0.2, 0) is 4.79 Å². The summed E-state index contributed by atoms with van der Waals surface area (Å²) in [5.41, 5.74) is 2.03. The fourth-order valence-corrected chi connectivity index (χ4v) is 3.18. The van der Waals surface area contributed by atoms with E-state index in [0.717, 1.165) is 30.8 Å². The van der Waals surface area contributed by atoms with Gasteiger partial charge in [-0.2, -0.15) is 0 Å². The second-order valence-corrected chi connectivity index (χ2v) is 5.89. The lowest BCUT2D eigenvalue weighted by molar-refractivity contribution is -0.131. The SMILES string of the molecule is C=CCC(C(=O)N1CCC(c2cnccn2)C1)c1ccccc1. The molecule has 0 saturated carbocycles. The molecule has 3 rings (SSSR count). The van der Waals surface area contributed by atoms with E-state index in [4.69, 9.17) is 0 Å². The Hall–Kier alpha value is -2.49. The van der Waals surface area contributed by atoms with Crippen LogP contribution >= 0.6 is 0 Å². The van der Waals surface area contributed by atoms with Gasteiger partial charge in [0.25, 0.3) is 0 Å². The zero-order valence-electron chi connectivity index (χ0n) is 13.1. The van der Waals surface area contributed by atoms with Crippen LogP contribution in [0.25, 0.3) is 0 Å². The van der Waals surface area contributed by atoms with Crippen molar-refractivity contribution in [2.24, 2.45) is 0 Å². The Morgan fingerprint density at radius 3 is 2.87 bits per heavy atom. The molecule has 0 N–H and O–H groups in total. The summed E-state index contributed by atoms with van der Waals surface area (Å²) in [4.78, 5) is 23.4. The van der Waals surface area contributed by atoms with E-state index in [2.05, 4.69) is 16.5 Å². The maximum Gasteiger partial charge on any atom is 0.230 e. The molecule has 1 saturated heterocycles. The molecule has 1 amide bonds. The molecule has 4 heteroatoms. The van der Waals surface area contributed by atoms with Crippen molar-refractivity contribution in [1.29, 1.82) is 0 Å². The van der Waals surface area contributed by atoms with Gasteiger partial charge in [-0.25, -0.2) is 0 Å². The highest BCUT2D eigenvalue weighted by atomic mass is 16.2. The van der Waals surface area contributed by atoms with Crippen LogP contribution in [0, 0.1) is 0 Å². The Balaban J connectivity index is 1.73. The molecule has 1 aliphatic rings. The average molecular weight is 307 g/mol. The number of amides is 1. The second kappa shape index (κ2) is 7.18. The minimum absolute atomic E-state index is 0.144. The molecule has 0 spiro atoms. The molecule has 2 atom stereocenters. The first-order valence-corrected chi connectivity index (χ1v) is 8.00. The minimum atomic E-state index is -0.144. The molecule has 1 aromatic heterocycles. The van der Waals surface area contributed by atoms with Crippen LogP contribution in [0.15, 0.2) is 61.6 Å². The number of carbonyl (C=O) groups excluding carboxylic acids is 1. The van der Waals surface area contributed by atoms with Crippen LogP contribution < -0.4 is 0 Å². The largest absolute Gasteiger partial charge is 0.341 e. The molecule has 23 heavy (non-hydrogen) atoms. The van der Waals surface area contributed by atoms with E-state index in [-0.39, 0.29) is 17.7 Å². The molecule has 4 nitrogen and oxygen atoms in total. The molecular weight excluding hydrogens is 286 g/mol. The Morgan fingerprint density at radius 1 is 1.35 bits per heavy atom. The van der Waals surface area contributed by atoms with Crippen molar-refractivity contribution in [3.8, 4) is 0 Å². The van der Waals surface area contributed by atoms with Gasteiger partial charge >= 0.3 is 0 Å². The number of hydrogen-bond donors (Lipinski definition) is 0. The Morgan fingerprint density at radius 2 is 2.17 bits per heavy atom. The van der Waals surface area contributed by atoms with Crippen molar-refractivity contribution in [3.05, 3.63) is 72.8 Å². The summed E-state index contributed by atoms with van der Waals surface area (Å²) in [5.74, 6) is 0.324. The van der Waals surface area contributed by atoms with Gasteiger partial charge in [0.15, 0.2) is 0 Å². The first kappa shape index (κ1) is 15.4. The zero-order valence-corrected chi connectivity index (χ0v) is 13.1. The first-order chi connectivity index (χ1) is 11.3. The highest BCUT2D eigenvalue weighted by Gasteiger charge is 2.32. The summed E-state index contributed by atoms with van der Waals surface area (Å²) in [5, 5.41) is 0. The summed E-state index contributed by atoms with van der Waals surface area (Å²) in [6, 6.07) is 9.96. The third kappa shape index (κ3) is 3.47. The van der Waals surface area contributed by atoms with Crippen LogP contribution in [-0.4, -0.2) is 33.9 Å². The number of allylic oxidation sites excluding steroid dienone is 1. The molecule has 0 radical (unpaired) electrons. The van der Waals surface area contributed by atoms with Crippen molar-refractivity contribution in [2.75, 3.05) is 13.1 Å². The van der Waals surface area contributed by atoms with Gasteiger partial charge in [0.05, 0.1) is 11.6 Å². The fourth-order valence-electron chi connectivity index (χ4n) is 3.18. The summed E-state index contributed by atoms with van der Waals surface area (Å²) < 4.78 is 0. The smallest absolute Gasteiger partial charge is 0.230 e. The Bertz CT molecular complexity index is 657. The van der Waals surface area contributed by atoms with Gasteiger partial charge in [-0.3, -0.25) is 14.8 Å². The lowest BCUT2D eigenvalue weighted by Crippen LogP contribution is -2.33. The Kier molecular flexibility index (Phi) is 4.81. The molecule has 1 aliphatic heterocycles. The molecule has 1 fully saturated rings. The number of likely N-dealkylation sites (tertiary alicyclic amines) is 1. The molecule has 2 aromatic rings.